The summed E-state index contributed by atoms with van der Waals surface area (Å²) in [7, 11) is 0. The zero-order valence-electron chi connectivity index (χ0n) is 18.4. The molecule has 0 radical (unpaired) electrons. The average molecular weight is 412 g/mol. The number of ether oxygens (including phenoxy) is 2. The number of anilines is 2. The van der Waals surface area contributed by atoms with Crippen molar-refractivity contribution in [3.8, 4) is 11.5 Å². The molecule has 2 aromatic rings. The number of hydrogen-bond donors (Lipinski definition) is 2. The van der Waals surface area contributed by atoms with Gasteiger partial charge in [-0.05, 0) is 70.7 Å². The molecule has 0 spiro atoms. The van der Waals surface area contributed by atoms with Crippen molar-refractivity contribution in [2.75, 3.05) is 30.3 Å². The normalized spacial score (nSPS) is 16.8. The molecule has 0 saturated carbocycles. The van der Waals surface area contributed by atoms with E-state index in [1.54, 1.807) is 0 Å². The molecule has 0 aliphatic carbocycles. The topological polar surface area (TPSA) is 76.8 Å². The quantitative estimate of drug-likeness (QED) is 0.669. The van der Waals surface area contributed by atoms with E-state index in [1.807, 2.05) is 70.2 Å². The third-order valence-electron chi connectivity index (χ3n) is 5.15. The summed E-state index contributed by atoms with van der Waals surface area (Å²) >= 11 is 0. The maximum atomic E-state index is 12.0. The summed E-state index contributed by atoms with van der Waals surface area (Å²) in [6, 6.07) is 13.6. The van der Waals surface area contributed by atoms with Crippen LogP contribution < -0.4 is 20.7 Å². The third kappa shape index (κ3) is 5.81. The maximum Gasteiger partial charge on any atom is 0.407 e. The molecule has 2 aromatic carbocycles. The summed E-state index contributed by atoms with van der Waals surface area (Å²) in [5.74, 6) is 1.94. The number of nitrogens with one attached hydrogen (secondary N) is 1. The Morgan fingerprint density at radius 2 is 1.93 bits per heavy atom. The van der Waals surface area contributed by atoms with E-state index in [-0.39, 0.29) is 6.09 Å². The van der Waals surface area contributed by atoms with Crippen molar-refractivity contribution in [1.82, 2.24) is 5.32 Å². The first-order valence-corrected chi connectivity index (χ1v) is 10.6. The van der Waals surface area contributed by atoms with Crippen LogP contribution in [0.25, 0.3) is 0 Å². The number of nitrogens with zero attached hydrogens (tertiary/aromatic N) is 1. The number of carbonyl (C=O) groups is 1. The highest BCUT2D eigenvalue weighted by Gasteiger charge is 2.25. The smallest absolute Gasteiger partial charge is 0.407 e. The Kier molecular flexibility index (Phi) is 6.75. The van der Waals surface area contributed by atoms with Crippen molar-refractivity contribution in [2.45, 2.75) is 46.1 Å². The lowest BCUT2D eigenvalue weighted by Gasteiger charge is -2.36. The van der Waals surface area contributed by atoms with Gasteiger partial charge in [-0.1, -0.05) is 18.2 Å². The first-order valence-electron chi connectivity index (χ1n) is 10.6. The van der Waals surface area contributed by atoms with Crippen LogP contribution in [-0.2, 0) is 4.74 Å². The van der Waals surface area contributed by atoms with Gasteiger partial charge >= 0.3 is 6.09 Å². The number of nitrogens with two attached hydrogens (primary N) is 1. The molecule has 1 aliphatic heterocycles. The highest BCUT2D eigenvalue weighted by atomic mass is 16.6. The molecule has 6 heteroatoms. The largest absolute Gasteiger partial charge is 0.457 e. The fourth-order valence-corrected chi connectivity index (χ4v) is 3.83. The van der Waals surface area contributed by atoms with Crippen LogP contribution in [0.4, 0.5) is 16.2 Å². The van der Waals surface area contributed by atoms with Gasteiger partial charge < -0.3 is 25.4 Å². The summed E-state index contributed by atoms with van der Waals surface area (Å²) < 4.78 is 11.4. The Hall–Kier alpha value is -2.89. The SMILES string of the molecule is Cc1c(Oc2ccccc2)ccc(N)c1N1CCC[C@@H](CNC(=O)OC(C)(C)C)C1. The van der Waals surface area contributed by atoms with E-state index in [1.165, 1.54) is 0 Å². The monoisotopic (exact) mass is 411 g/mol. The number of rotatable bonds is 5. The zero-order valence-corrected chi connectivity index (χ0v) is 18.4. The van der Waals surface area contributed by atoms with Crippen LogP contribution in [-0.4, -0.2) is 31.3 Å². The van der Waals surface area contributed by atoms with Crippen LogP contribution in [0.3, 0.4) is 0 Å². The number of nitrogen functional groups attached to an aromatic ring is 1. The van der Waals surface area contributed by atoms with Crippen molar-refractivity contribution >= 4 is 17.5 Å². The molecule has 0 aromatic heterocycles. The number of piperidine rings is 1. The molecule has 1 heterocycles. The standard InChI is InChI=1S/C24H33N3O3/c1-17-21(29-19-10-6-5-7-11-19)13-12-20(25)22(17)27-14-8-9-18(16-27)15-26-23(28)30-24(2,3)4/h5-7,10-13,18H,8-9,14-16,25H2,1-4H3,(H,26,28)/t18-/m0/s1. The van der Waals surface area contributed by atoms with E-state index in [2.05, 4.69) is 10.2 Å². The van der Waals surface area contributed by atoms with Gasteiger partial charge in [0.25, 0.3) is 0 Å². The number of hydrogen-bond acceptors (Lipinski definition) is 5. The summed E-state index contributed by atoms with van der Waals surface area (Å²) in [4.78, 5) is 14.3. The van der Waals surface area contributed by atoms with Gasteiger partial charge in [0.2, 0.25) is 0 Å². The van der Waals surface area contributed by atoms with E-state index >= 15 is 0 Å². The minimum absolute atomic E-state index is 0.337. The van der Waals surface area contributed by atoms with E-state index in [0.29, 0.717) is 12.5 Å². The fraction of sp³-hybridized carbons (Fsp3) is 0.458. The van der Waals surface area contributed by atoms with Crippen LogP contribution in [0.2, 0.25) is 0 Å². The number of carbonyl (C=O) groups excluding carboxylic acids is 1. The summed E-state index contributed by atoms with van der Waals surface area (Å²) in [5.41, 5.74) is 8.66. The number of amides is 1. The number of alkyl carbamates (subject to hydrolysis) is 1. The first kappa shape index (κ1) is 21.8. The lowest BCUT2D eigenvalue weighted by Crippen LogP contribution is -2.42. The highest BCUT2D eigenvalue weighted by molar-refractivity contribution is 5.75. The third-order valence-corrected chi connectivity index (χ3v) is 5.15. The molecule has 1 fully saturated rings. The predicted octanol–water partition coefficient (Wildman–Crippen LogP) is 5.11. The van der Waals surface area contributed by atoms with Crippen LogP contribution in [0.5, 0.6) is 11.5 Å². The Bertz CT molecular complexity index is 862. The Labute approximate surface area is 179 Å². The van der Waals surface area contributed by atoms with E-state index in [9.17, 15) is 4.79 Å². The van der Waals surface area contributed by atoms with E-state index in [0.717, 1.165) is 54.4 Å². The molecule has 0 unspecified atom stereocenters. The van der Waals surface area contributed by atoms with Gasteiger partial charge in [-0.15, -0.1) is 0 Å². The Morgan fingerprint density at radius 3 is 2.63 bits per heavy atom. The minimum atomic E-state index is -0.493. The Balaban J connectivity index is 1.69. The van der Waals surface area contributed by atoms with Gasteiger partial charge in [-0.3, -0.25) is 0 Å². The molecule has 3 N–H and O–H groups in total. The molecule has 6 nitrogen and oxygen atoms in total. The van der Waals surface area contributed by atoms with Crippen LogP contribution in [0.1, 0.15) is 39.2 Å². The van der Waals surface area contributed by atoms with Gasteiger partial charge in [0.05, 0.1) is 11.4 Å². The van der Waals surface area contributed by atoms with Gasteiger partial charge in [0.15, 0.2) is 0 Å². The summed E-state index contributed by atoms with van der Waals surface area (Å²) in [6.45, 7) is 10.00. The maximum absolute atomic E-state index is 12.0. The Morgan fingerprint density at radius 1 is 1.20 bits per heavy atom. The van der Waals surface area contributed by atoms with Gasteiger partial charge in [0.1, 0.15) is 17.1 Å². The molecule has 3 rings (SSSR count). The molecule has 1 saturated heterocycles. The molecular weight excluding hydrogens is 378 g/mol. The molecule has 1 aliphatic rings. The molecular formula is C24H33N3O3. The number of para-hydroxylation sites is 1. The van der Waals surface area contributed by atoms with Gasteiger partial charge in [-0.2, -0.15) is 0 Å². The molecule has 162 valence electrons. The molecule has 30 heavy (non-hydrogen) atoms. The predicted molar refractivity (Wildman–Crippen MR) is 121 cm³/mol. The van der Waals surface area contributed by atoms with Gasteiger partial charge in [-0.25, -0.2) is 4.79 Å². The second kappa shape index (κ2) is 9.28. The van der Waals surface area contributed by atoms with E-state index < -0.39 is 5.60 Å². The lowest BCUT2D eigenvalue weighted by atomic mass is 9.96. The summed E-state index contributed by atoms with van der Waals surface area (Å²) in [6.07, 6.45) is 1.74. The van der Waals surface area contributed by atoms with Crippen molar-refractivity contribution in [3.63, 3.8) is 0 Å². The van der Waals surface area contributed by atoms with Crippen LogP contribution in [0, 0.1) is 12.8 Å². The van der Waals surface area contributed by atoms with E-state index in [4.69, 9.17) is 15.2 Å². The van der Waals surface area contributed by atoms with Crippen molar-refractivity contribution in [3.05, 3.63) is 48.0 Å². The van der Waals surface area contributed by atoms with Crippen molar-refractivity contribution < 1.29 is 14.3 Å². The minimum Gasteiger partial charge on any atom is -0.457 e. The van der Waals surface area contributed by atoms with Crippen LogP contribution >= 0.6 is 0 Å². The fourth-order valence-electron chi connectivity index (χ4n) is 3.83. The van der Waals surface area contributed by atoms with Crippen molar-refractivity contribution in [2.24, 2.45) is 5.92 Å². The lowest BCUT2D eigenvalue weighted by molar-refractivity contribution is 0.0517. The highest BCUT2D eigenvalue weighted by Crippen LogP contribution is 2.38. The molecule has 0 bridgehead atoms. The molecule has 1 amide bonds. The average Bonchev–Trinajstić information content (AvgIpc) is 2.69. The molecule has 1 atom stereocenters. The first-order chi connectivity index (χ1) is 14.2. The van der Waals surface area contributed by atoms with Crippen molar-refractivity contribution in [1.29, 1.82) is 0 Å². The van der Waals surface area contributed by atoms with Gasteiger partial charge in [0, 0.05) is 25.2 Å². The summed E-state index contributed by atoms with van der Waals surface area (Å²) in [5, 5.41) is 2.91. The van der Waals surface area contributed by atoms with Crippen LogP contribution in [0.15, 0.2) is 42.5 Å². The zero-order chi connectivity index (χ0) is 21.7. The second-order valence-electron chi connectivity index (χ2n) is 8.88. The number of benzene rings is 2. The second-order valence-corrected chi connectivity index (χ2v) is 8.88.